The van der Waals surface area contributed by atoms with Crippen molar-refractivity contribution in [3.8, 4) is 22.8 Å². The molecule has 1 aromatic heterocycles. The Balaban J connectivity index is 2.04. The molecule has 10 heteroatoms. The third-order valence-corrected chi connectivity index (χ3v) is 5.77. The molecule has 0 aliphatic carbocycles. The maximum Gasteiger partial charge on any atom is 0.416 e. The molecule has 0 unspecified atom stereocenters. The van der Waals surface area contributed by atoms with Gasteiger partial charge in [-0.3, -0.25) is 9.36 Å². The van der Waals surface area contributed by atoms with Gasteiger partial charge in [0, 0.05) is 18.7 Å². The van der Waals surface area contributed by atoms with Crippen LogP contribution >= 0.6 is 11.8 Å². The summed E-state index contributed by atoms with van der Waals surface area (Å²) in [4.78, 5) is 14.1. The van der Waals surface area contributed by atoms with E-state index in [0.717, 1.165) is 23.9 Å². The van der Waals surface area contributed by atoms with E-state index >= 15 is 0 Å². The van der Waals surface area contributed by atoms with Gasteiger partial charge in [0.15, 0.2) is 11.0 Å². The van der Waals surface area contributed by atoms with Crippen molar-refractivity contribution in [3.63, 3.8) is 0 Å². The predicted molar refractivity (Wildman–Crippen MR) is 117 cm³/mol. The number of methoxy groups -OCH3 is 1. The maximum atomic E-state index is 13.3. The smallest absolute Gasteiger partial charge is 0.416 e. The first-order valence-electron chi connectivity index (χ1n) is 9.96. The molecule has 0 aliphatic heterocycles. The highest BCUT2D eigenvalue weighted by Crippen LogP contribution is 2.33. The molecule has 1 heterocycles. The van der Waals surface area contributed by atoms with E-state index in [2.05, 4.69) is 10.2 Å². The number of carbonyl (C=O) groups is 1. The van der Waals surface area contributed by atoms with Gasteiger partial charge in [-0.15, -0.1) is 10.2 Å². The minimum Gasteiger partial charge on any atom is -0.497 e. The fourth-order valence-corrected chi connectivity index (χ4v) is 3.99. The van der Waals surface area contributed by atoms with Crippen LogP contribution < -0.4 is 4.74 Å². The molecule has 0 spiro atoms. The minimum absolute atomic E-state index is 0.0791. The van der Waals surface area contributed by atoms with Crippen LogP contribution in [-0.2, 0) is 11.0 Å². The third-order valence-electron chi connectivity index (χ3n) is 4.85. The average molecular weight is 465 g/mol. The number of ether oxygens (including phenoxy) is 1. The fraction of sp³-hybridized carbons (Fsp3) is 0.318. The van der Waals surface area contributed by atoms with Crippen molar-refractivity contribution in [2.24, 2.45) is 0 Å². The molecule has 0 saturated heterocycles. The summed E-state index contributed by atoms with van der Waals surface area (Å²) in [5, 5.41) is 8.73. The topological polar surface area (TPSA) is 60.3 Å². The Morgan fingerprint density at radius 2 is 1.78 bits per heavy atom. The molecule has 0 saturated carbocycles. The normalized spacial score (nSPS) is 11.4. The first-order chi connectivity index (χ1) is 15.3. The van der Waals surface area contributed by atoms with Crippen molar-refractivity contribution in [3.05, 3.63) is 54.1 Å². The van der Waals surface area contributed by atoms with Gasteiger partial charge in [0.05, 0.1) is 24.1 Å². The van der Waals surface area contributed by atoms with Crippen LogP contribution in [0.2, 0.25) is 0 Å². The summed E-state index contributed by atoms with van der Waals surface area (Å²) >= 11 is 1.14. The van der Waals surface area contributed by atoms with Crippen molar-refractivity contribution in [2.45, 2.75) is 25.2 Å². The fourth-order valence-electron chi connectivity index (χ4n) is 3.14. The van der Waals surface area contributed by atoms with Crippen molar-refractivity contribution >= 4 is 17.7 Å². The van der Waals surface area contributed by atoms with E-state index in [1.807, 2.05) is 13.8 Å². The Kier molecular flexibility index (Phi) is 7.44. The van der Waals surface area contributed by atoms with Crippen molar-refractivity contribution in [2.75, 3.05) is 26.0 Å². The lowest BCUT2D eigenvalue weighted by Gasteiger charge is -2.18. The van der Waals surface area contributed by atoms with E-state index in [1.54, 1.807) is 42.3 Å². The number of aromatic nitrogens is 3. The van der Waals surface area contributed by atoms with Crippen LogP contribution in [0.25, 0.3) is 17.1 Å². The van der Waals surface area contributed by atoms with E-state index in [0.29, 0.717) is 35.4 Å². The Bertz CT molecular complexity index is 1060. The second kappa shape index (κ2) is 10.1. The van der Waals surface area contributed by atoms with Crippen LogP contribution in [-0.4, -0.2) is 51.5 Å². The Morgan fingerprint density at radius 1 is 1.09 bits per heavy atom. The van der Waals surface area contributed by atoms with Crippen LogP contribution in [0, 0.1) is 0 Å². The van der Waals surface area contributed by atoms with E-state index in [-0.39, 0.29) is 17.3 Å². The first kappa shape index (κ1) is 23.6. The highest BCUT2D eigenvalue weighted by molar-refractivity contribution is 7.99. The minimum atomic E-state index is -4.49. The molecule has 3 rings (SSSR count). The van der Waals surface area contributed by atoms with E-state index in [9.17, 15) is 18.0 Å². The third kappa shape index (κ3) is 5.24. The number of thioether (sulfide) groups is 1. The van der Waals surface area contributed by atoms with Gasteiger partial charge in [-0.05, 0) is 56.3 Å². The second-order valence-electron chi connectivity index (χ2n) is 6.77. The van der Waals surface area contributed by atoms with Crippen LogP contribution in [0.3, 0.4) is 0 Å². The molecular weight excluding hydrogens is 441 g/mol. The highest BCUT2D eigenvalue weighted by atomic mass is 32.2. The van der Waals surface area contributed by atoms with E-state index < -0.39 is 11.7 Å². The second-order valence-corrected chi connectivity index (χ2v) is 7.72. The van der Waals surface area contributed by atoms with E-state index in [1.165, 1.54) is 10.6 Å². The molecule has 0 atom stereocenters. The van der Waals surface area contributed by atoms with Crippen molar-refractivity contribution < 1.29 is 22.7 Å². The lowest BCUT2D eigenvalue weighted by atomic mass is 10.1. The largest absolute Gasteiger partial charge is 0.497 e. The van der Waals surface area contributed by atoms with Gasteiger partial charge in [0.2, 0.25) is 5.91 Å². The molecule has 2 aromatic carbocycles. The van der Waals surface area contributed by atoms with Crippen LogP contribution in [0.4, 0.5) is 13.2 Å². The molecule has 0 aliphatic rings. The van der Waals surface area contributed by atoms with E-state index in [4.69, 9.17) is 4.74 Å². The number of hydrogen-bond donors (Lipinski definition) is 0. The Hall–Kier alpha value is -3.01. The summed E-state index contributed by atoms with van der Waals surface area (Å²) in [6, 6.07) is 11.9. The van der Waals surface area contributed by atoms with Gasteiger partial charge in [-0.1, -0.05) is 17.8 Å². The first-order valence-corrected chi connectivity index (χ1v) is 10.9. The summed E-state index contributed by atoms with van der Waals surface area (Å²) < 4.78 is 46.7. The average Bonchev–Trinajstić information content (AvgIpc) is 3.22. The number of amides is 1. The summed E-state index contributed by atoms with van der Waals surface area (Å²) in [6.45, 7) is 4.93. The van der Waals surface area contributed by atoms with Gasteiger partial charge in [-0.25, -0.2) is 0 Å². The molecule has 0 bridgehead atoms. The zero-order chi connectivity index (χ0) is 23.3. The molecule has 3 aromatic rings. The quantitative estimate of drug-likeness (QED) is 0.443. The van der Waals surface area contributed by atoms with Gasteiger partial charge in [0.25, 0.3) is 0 Å². The molecule has 0 N–H and O–H groups in total. The lowest BCUT2D eigenvalue weighted by molar-refractivity contribution is -0.137. The maximum absolute atomic E-state index is 13.3. The molecule has 0 radical (unpaired) electrons. The van der Waals surface area contributed by atoms with Gasteiger partial charge < -0.3 is 9.64 Å². The van der Waals surface area contributed by atoms with Crippen LogP contribution in [0.5, 0.6) is 5.75 Å². The molecular formula is C22H23F3N4O2S. The number of carbonyl (C=O) groups excluding carboxylic acids is 1. The van der Waals surface area contributed by atoms with Crippen molar-refractivity contribution in [1.82, 2.24) is 19.7 Å². The number of halogens is 3. The lowest BCUT2D eigenvalue weighted by Crippen LogP contribution is -2.31. The summed E-state index contributed by atoms with van der Waals surface area (Å²) in [6.07, 6.45) is -4.49. The van der Waals surface area contributed by atoms with Crippen LogP contribution in [0.1, 0.15) is 19.4 Å². The molecule has 1 amide bonds. The summed E-state index contributed by atoms with van der Waals surface area (Å²) in [7, 11) is 1.54. The molecule has 6 nitrogen and oxygen atoms in total. The Labute approximate surface area is 188 Å². The number of alkyl halides is 3. The number of hydrogen-bond acceptors (Lipinski definition) is 5. The summed E-state index contributed by atoms with van der Waals surface area (Å²) in [5.41, 5.74) is 0.130. The van der Waals surface area contributed by atoms with Gasteiger partial charge >= 0.3 is 6.18 Å². The number of nitrogens with zero attached hydrogens (tertiary/aromatic N) is 4. The number of rotatable bonds is 8. The zero-order valence-corrected chi connectivity index (χ0v) is 18.7. The molecule has 32 heavy (non-hydrogen) atoms. The molecule has 170 valence electrons. The zero-order valence-electron chi connectivity index (χ0n) is 17.9. The standard InChI is InChI=1S/C22H23F3N4O2S/c1-4-28(5-2)19(30)14-32-21-27-26-20(15-9-11-18(31-3)12-10-15)29(21)17-8-6-7-16(13-17)22(23,24)25/h6-13H,4-5,14H2,1-3H3. The predicted octanol–water partition coefficient (Wildman–Crippen LogP) is 4.92. The summed E-state index contributed by atoms with van der Waals surface area (Å²) in [5.74, 6) is 1.02. The van der Waals surface area contributed by atoms with Gasteiger partial charge in [0.1, 0.15) is 5.75 Å². The molecule has 0 fully saturated rings. The monoisotopic (exact) mass is 464 g/mol. The van der Waals surface area contributed by atoms with Crippen molar-refractivity contribution in [1.29, 1.82) is 0 Å². The Morgan fingerprint density at radius 3 is 2.38 bits per heavy atom. The SMILES string of the molecule is CCN(CC)C(=O)CSc1nnc(-c2ccc(OC)cc2)n1-c1cccc(C(F)(F)F)c1. The number of benzene rings is 2. The van der Waals surface area contributed by atoms with Crippen LogP contribution in [0.15, 0.2) is 53.7 Å². The highest BCUT2D eigenvalue weighted by Gasteiger charge is 2.31. The van der Waals surface area contributed by atoms with Gasteiger partial charge in [-0.2, -0.15) is 13.2 Å².